The highest BCUT2D eigenvalue weighted by Crippen LogP contribution is 2.34. The topological polar surface area (TPSA) is 47.7 Å². The molecule has 5 heteroatoms. The summed E-state index contributed by atoms with van der Waals surface area (Å²) >= 11 is 6.21. The number of nitrogens with two attached hydrogens (primary N) is 1. The summed E-state index contributed by atoms with van der Waals surface area (Å²) in [6.07, 6.45) is 1.81. The maximum absolute atomic E-state index is 6.21. The maximum Gasteiger partial charge on any atom is 0.171 e. The van der Waals surface area contributed by atoms with Crippen LogP contribution in [0.1, 0.15) is 18.4 Å². The molecule has 2 saturated heterocycles. The van der Waals surface area contributed by atoms with Crippen LogP contribution >= 0.6 is 11.6 Å². The number of hydrogen-bond acceptors (Lipinski definition) is 4. The summed E-state index contributed by atoms with van der Waals surface area (Å²) in [6, 6.07) is 6.09. The third kappa shape index (κ3) is 2.58. The van der Waals surface area contributed by atoms with E-state index in [9.17, 15) is 0 Å². The second-order valence-electron chi connectivity index (χ2n) is 5.07. The highest BCUT2D eigenvalue weighted by atomic mass is 35.5. The zero-order valence-corrected chi connectivity index (χ0v) is 11.7. The Bertz CT molecular complexity index is 451. The summed E-state index contributed by atoms with van der Waals surface area (Å²) in [5.74, 6) is -0.322. The first kappa shape index (κ1) is 13.2. The van der Waals surface area contributed by atoms with Crippen molar-refractivity contribution in [3.8, 4) is 0 Å². The van der Waals surface area contributed by atoms with Gasteiger partial charge in [0.1, 0.15) is 0 Å². The fourth-order valence-corrected chi connectivity index (χ4v) is 3.04. The van der Waals surface area contributed by atoms with Crippen LogP contribution in [0.2, 0.25) is 5.02 Å². The van der Waals surface area contributed by atoms with E-state index in [0.29, 0.717) is 6.54 Å². The van der Waals surface area contributed by atoms with E-state index in [-0.39, 0.29) is 5.79 Å². The molecular formula is C14H19ClN2O2. The van der Waals surface area contributed by atoms with Crippen molar-refractivity contribution in [2.45, 2.75) is 25.2 Å². The van der Waals surface area contributed by atoms with Crippen molar-refractivity contribution in [3.05, 3.63) is 28.8 Å². The Hall–Kier alpha value is -0.810. The van der Waals surface area contributed by atoms with Crippen LogP contribution in [0.15, 0.2) is 18.2 Å². The summed E-state index contributed by atoms with van der Waals surface area (Å²) < 4.78 is 11.5. The van der Waals surface area contributed by atoms with E-state index in [1.54, 1.807) is 0 Å². The molecule has 0 unspecified atom stereocenters. The summed E-state index contributed by atoms with van der Waals surface area (Å²) in [4.78, 5) is 2.32. The molecule has 104 valence electrons. The van der Waals surface area contributed by atoms with Gasteiger partial charge in [-0.15, -0.1) is 0 Å². The van der Waals surface area contributed by atoms with Gasteiger partial charge in [0, 0.05) is 43.2 Å². The van der Waals surface area contributed by atoms with Crippen molar-refractivity contribution >= 4 is 17.3 Å². The van der Waals surface area contributed by atoms with Crippen molar-refractivity contribution in [3.63, 3.8) is 0 Å². The van der Waals surface area contributed by atoms with Crippen LogP contribution < -0.4 is 10.6 Å². The maximum atomic E-state index is 6.21. The second-order valence-corrected chi connectivity index (χ2v) is 5.48. The van der Waals surface area contributed by atoms with Crippen LogP contribution in [-0.2, 0) is 16.0 Å². The van der Waals surface area contributed by atoms with Crippen LogP contribution in [0.4, 0.5) is 5.69 Å². The van der Waals surface area contributed by atoms with Gasteiger partial charge in [0.15, 0.2) is 5.79 Å². The lowest BCUT2D eigenvalue weighted by Gasteiger charge is -2.38. The van der Waals surface area contributed by atoms with Crippen LogP contribution in [0, 0.1) is 0 Å². The molecule has 0 atom stereocenters. The fraction of sp³-hybridized carbons (Fsp3) is 0.571. The van der Waals surface area contributed by atoms with Crippen LogP contribution in [-0.4, -0.2) is 32.1 Å². The van der Waals surface area contributed by atoms with E-state index in [1.165, 1.54) is 0 Å². The van der Waals surface area contributed by atoms with E-state index >= 15 is 0 Å². The molecule has 0 saturated carbocycles. The Morgan fingerprint density at radius 1 is 1.21 bits per heavy atom. The smallest absolute Gasteiger partial charge is 0.171 e. The minimum absolute atomic E-state index is 0.322. The Balaban J connectivity index is 1.69. The Labute approximate surface area is 118 Å². The molecule has 3 rings (SSSR count). The summed E-state index contributed by atoms with van der Waals surface area (Å²) in [5.41, 5.74) is 7.76. The Morgan fingerprint density at radius 2 is 1.89 bits per heavy atom. The third-order valence-corrected chi connectivity index (χ3v) is 4.31. The molecule has 2 aliphatic rings. The van der Waals surface area contributed by atoms with Crippen LogP contribution in [0.25, 0.3) is 0 Å². The van der Waals surface area contributed by atoms with Crippen molar-refractivity contribution in [1.29, 1.82) is 0 Å². The molecule has 2 aliphatic heterocycles. The highest BCUT2D eigenvalue weighted by molar-refractivity contribution is 6.31. The van der Waals surface area contributed by atoms with Crippen molar-refractivity contribution < 1.29 is 9.47 Å². The molecule has 2 fully saturated rings. The zero-order valence-electron chi connectivity index (χ0n) is 10.9. The largest absolute Gasteiger partial charge is 0.371 e. The lowest BCUT2D eigenvalue weighted by molar-refractivity contribution is -0.169. The predicted molar refractivity (Wildman–Crippen MR) is 75.4 cm³/mol. The lowest BCUT2D eigenvalue weighted by atomic mass is 10.0. The monoisotopic (exact) mass is 282 g/mol. The van der Waals surface area contributed by atoms with Gasteiger partial charge in [-0.05, 0) is 17.7 Å². The predicted octanol–water partition coefficient (Wildman–Crippen LogP) is 2.14. The molecule has 0 bridgehead atoms. The number of rotatable bonds is 2. The first-order valence-corrected chi connectivity index (χ1v) is 7.12. The van der Waals surface area contributed by atoms with Gasteiger partial charge in [0.2, 0.25) is 0 Å². The van der Waals surface area contributed by atoms with E-state index < -0.39 is 0 Å². The number of ether oxygens (including phenoxy) is 2. The molecule has 0 amide bonds. The quantitative estimate of drug-likeness (QED) is 0.903. The standard InChI is InChI=1S/C14H19ClN2O2/c15-13-9-12(2-1-11(13)10-16)17-5-3-14(4-6-17)18-7-8-19-14/h1-2,9H,3-8,10,16H2. The Kier molecular flexibility index (Phi) is 3.67. The van der Waals surface area contributed by atoms with Gasteiger partial charge >= 0.3 is 0 Å². The third-order valence-electron chi connectivity index (χ3n) is 3.96. The molecule has 4 nitrogen and oxygen atoms in total. The molecule has 1 aromatic carbocycles. The van der Waals surface area contributed by atoms with E-state index in [1.807, 2.05) is 12.1 Å². The average molecular weight is 283 g/mol. The molecule has 1 aromatic rings. The number of nitrogens with zero attached hydrogens (tertiary/aromatic N) is 1. The first-order valence-electron chi connectivity index (χ1n) is 6.74. The van der Waals surface area contributed by atoms with Crippen molar-refractivity contribution in [2.24, 2.45) is 5.73 Å². The van der Waals surface area contributed by atoms with Crippen molar-refractivity contribution in [2.75, 3.05) is 31.2 Å². The molecular weight excluding hydrogens is 264 g/mol. The van der Waals surface area contributed by atoms with Gasteiger partial charge in [-0.3, -0.25) is 0 Å². The molecule has 1 spiro atoms. The van der Waals surface area contributed by atoms with E-state index in [2.05, 4.69) is 11.0 Å². The molecule has 0 aliphatic carbocycles. The molecule has 2 heterocycles. The number of piperidine rings is 1. The van der Waals surface area contributed by atoms with Crippen LogP contribution in [0.5, 0.6) is 0 Å². The van der Waals surface area contributed by atoms with Gasteiger partial charge in [-0.1, -0.05) is 17.7 Å². The normalized spacial score (nSPS) is 22.1. The molecule has 2 N–H and O–H groups in total. The van der Waals surface area contributed by atoms with E-state index in [0.717, 1.165) is 55.4 Å². The van der Waals surface area contributed by atoms with Crippen LogP contribution in [0.3, 0.4) is 0 Å². The molecule has 0 radical (unpaired) electrons. The zero-order chi connectivity index (χ0) is 13.3. The summed E-state index contributed by atoms with van der Waals surface area (Å²) in [7, 11) is 0. The molecule has 0 aromatic heterocycles. The fourth-order valence-electron chi connectivity index (χ4n) is 2.79. The number of hydrogen-bond donors (Lipinski definition) is 1. The van der Waals surface area contributed by atoms with Crippen molar-refractivity contribution in [1.82, 2.24) is 0 Å². The minimum Gasteiger partial charge on any atom is -0.371 e. The number of benzene rings is 1. The van der Waals surface area contributed by atoms with E-state index in [4.69, 9.17) is 26.8 Å². The van der Waals surface area contributed by atoms with Gasteiger partial charge in [0.25, 0.3) is 0 Å². The average Bonchev–Trinajstić information content (AvgIpc) is 2.88. The second kappa shape index (κ2) is 5.29. The van der Waals surface area contributed by atoms with Gasteiger partial charge in [-0.25, -0.2) is 0 Å². The summed E-state index contributed by atoms with van der Waals surface area (Å²) in [5, 5.41) is 0.744. The van der Waals surface area contributed by atoms with Gasteiger partial charge in [0.05, 0.1) is 13.2 Å². The number of halogens is 1. The van der Waals surface area contributed by atoms with Gasteiger partial charge < -0.3 is 20.1 Å². The highest BCUT2D eigenvalue weighted by Gasteiger charge is 2.39. The molecule has 19 heavy (non-hydrogen) atoms. The SMILES string of the molecule is NCc1ccc(N2CCC3(CC2)OCCO3)cc1Cl. The number of anilines is 1. The summed E-state index contributed by atoms with van der Waals surface area (Å²) in [6.45, 7) is 3.77. The Morgan fingerprint density at radius 3 is 2.47 bits per heavy atom. The first-order chi connectivity index (χ1) is 9.22. The lowest BCUT2D eigenvalue weighted by Crippen LogP contribution is -2.45. The van der Waals surface area contributed by atoms with Gasteiger partial charge in [-0.2, -0.15) is 0 Å². The minimum atomic E-state index is -0.322.